The molecule has 4 rings (SSSR count). The van der Waals surface area contributed by atoms with Crippen LogP contribution in [0, 0.1) is 12.8 Å². The third-order valence-electron chi connectivity index (χ3n) is 5.99. The number of halogens is 3. The molecule has 1 fully saturated rings. The Morgan fingerprint density at radius 1 is 1.10 bits per heavy atom. The molecule has 0 aromatic heterocycles. The molecule has 1 aliphatic carbocycles. The molecule has 2 aromatic rings. The number of ether oxygens (including phenoxy) is 2. The van der Waals surface area contributed by atoms with Gasteiger partial charge in [-0.15, -0.1) is 13.2 Å². The summed E-state index contributed by atoms with van der Waals surface area (Å²) in [7, 11) is 1.35. The summed E-state index contributed by atoms with van der Waals surface area (Å²) in [6, 6.07) is 10.1. The predicted molar refractivity (Wildman–Crippen MR) is 102 cm³/mol. The topological polar surface area (TPSA) is 47.6 Å². The van der Waals surface area contributed by atoms with E-state index in [1.807, 2.05) is 19.1 Å². The zero-order chi connectivity index (χ0) is 20.8. The Bertz CT molecular complexity index is 941. The summed E-state index contributed by atoms with van der Waals surface area (Å²) in [4.78, 5) is 11.8. The number of esters is 1. The number of fused-ring (bicyclic) bond motifs is 3. The van der Waals surface area contributed by atoms with Gasteiger partial charge in [-0.2, -0.15) is 0 Å². The number of hydrogen-bond acceptors (Lipinski definition) is 4. The lowest BCUT2D eigenvalue weighted by molar-refractivity contribution is -0.274. The van der Waals surface area contributed by atoms with E-state index in [-0.39, 0.29) is 29.6 Å². The number of methoxy groups -OCH3 is 1. The van der Waals surface area contributed by atoms with Gasteiger partial charge in [0.15, 0.2) is 0 Å². The number of benzene rings is 2. The van der Waals surface area contributed by atoms with Gasteiger partial charge in [-0.1, -0.05) is 12.5 Å². The van der Waals surface area contributed by atoms with Gasteiger partial charge in [0.1, 0.15) is 5.75 Å². The van der Waals surface area contributed by atoms with E-state index in [1.165, 1.54) is 19.2 Å². The van der Waals surface area contributed by atoms with Gasteiger partial charge in [0, 0.05) is 5.69 Å². The van der Waals surface area contributed by atoms with E-state index in [1.54, 1.807) is 12.1 Å². The van der Waals surface area contributed by atoms with Crippen molar-refractivity contribution in [2.45, 2.75) is 44.5 Å². The van der Waals surface area contributed by atoms with Crippen LogP contribution in [0.5, 0.6) is 5.75 Å². The number of alkyl halides is 3. The fourth-order valence-corrected chi connectivity index (χ4v) is 4.80. The molecular formula is C22H22F3NO3. The maximum Gasteiger partial charge on any atom is 0.573 e. The molecule has 154 valence electrons. The van der Waals surface area contributed by atoms with E-state index in [0.717, 1.165) is 41.6 Å². The van der Waals surface area contributed by atoms with Gasteiger partial charge >= 0.3 is 12.3 Å². The lowest BCUT2D eigenvalue weighted by Crippen LogP contribution is -2.29. The molecule has 3 atom stereocenters. The quantitative estimate of drug-likeness (QED) is 0.663. The standard InChI is InChI=1S/C22H22F3NO3/c1-12-10-13(21(27)28-2)6-8-15(12)20-17-5-3-4-16(17)18-11-14(29-22(23,24)25)7-9-19(18)26-20/h6-11,16-17,20,26H,3-5H2,1-2H3/t16-,17+,20+/m1/s1. The first kappa shape index (κ1) is 19.6. The van der Waals surface area contributed by atoms with E-state index >= 15 is 0 Å². The lowest BCUT2D eigenvalue weighted by atomic mass is 9.76. The highest BCUT2D eigenvalue weighted by atomic mass is 19.4. The first-order chi connectivity index (χ1) is 13.8. The second-order valence-electron chi connectivity index (χ2n) is 7.68. The van der Waals surface area contributed by atoms with Crippen LogP contribution in [0.3, 0.4) is 0 Å². The summed E-state index contributed by atoms with van der Waals surface area (Å²) in [6.45, 7) is 1.96. The SMILES string of the molecule is COC(=O)c1ccc([C@@H]2Nc3ccc(OC(F)(F)F)cc3[C@@H]3CCC[C@@H]32)c(C)c1. The van der Waals surface area contributed by atoms with Crippen molar-refractivity contribution >= 4 is 11.7 Å². The molecule has 0 amide bonds. The van der Waals surface area contributed by atoms with Gasteiger partial charge in [-0.3, -0.25) is 0 Å². The molecule has 0 bridgehead atoms. The van der Waals surface area contributed by atoms with Gasteiger partial charge in [0.2, 0.25) is 0 Å². The summed E-state index contributed by atoms with van der Waals surface area (Å²) in [5.41, 5.74) is 4.30. The minimum absolute atomic E-state index is 0.0380. The Hall–Kier alpha value is -2.70. The summed E-state index contributed by atoms with van der Waals surface area (Å²) in [5, 5.41) is 3.53. The molecule has 1 saturated carbocycles. The molecule has 4 nitrogen and oxygen atoms in total. The van der Waals surface area contributed by atoms with Crippen molar-refractivity contribution in [3.8, 4) is 5.75 Å². The molecule has 1 heterocycles. The van der Waals surface area contributed by atoms with Crippen LogP contribution >= 0.6 is 0 Å². The van der Waals surface area contributed by atoms with E-state index in [2.05, 4.69) is 10.1 Å². The normalized spacial score (nSPS) is 23.0. The van der Waals surface area contributed by atoms with Crippen LogP contribution in [0.25, 0.3) is 0 Å². The van der Waals surface area contributed by atoms with Crippen molar-refractivity contribution in [2.24, 2.45) is 5.92 Å². The molecule has 2 aromatic carbocycles. The number of anilines is 1. The molecule has 29 heavy (non-hydrogen) atoms. The maximum atomic E-state index is 12.6. The lowest BCUT2D eigenvalue weighted by Gasteiger charge is -2.38. The largest absolute Gasteiger partial charge is 0.573 e. The Morgan fingerprint density at radius 2 is 1.90 bits per heavy atom. The summed E-state index contributed by atoms with van der Waals surface area (Å²) in [6.07, 6.45) is -1.75. The van der Waals surface area contributed by atoms with Crippen LogP contribution < -0.4 is 10.1 Å². The van der Waals surface area contributed by atoms with Crippen LogP contribution in [0.1, 0.15) is 58.3 Å². The van der Waals surface area contributed by atoms with Gasteiger partial charge in [-0.25, -0.2) is 4.79 Å². The van der Waals surface area contributed by atoms with Crippen LogP contribution in [-0.4, -0.2) is 19.4 Å². The Morgan fingerprint density at radius 3 is 2.59 bits per heavy atom. The van der Waals surface area contributed by atoms with Crippen molar-refractivity contribution in [2.75, 3.05) is 12.4 Å². The number of rotatable bonds is 3. The van der Waals surface area contributed by atoms with Crippen LogP contribution in [-0.2, 0) is 4.74 Å². The molecule has 0 spiro atoms. The van der Waals surface area contributed by atoms with E-state index in [0.29, 0.717) is 5.56 Å². The first-order valence-electron chi connectivity index (χ1n) is 9.62. The Labute approximate surface area is 167 Å². The van der Waals surface area contributed by atoms with Crippen LogP contribution in [0.15, 0.2) is 36.4 Å². The highest BCUT2D eigenvalue weighted by Gasteiger charge is 2.41. The summed E-state index contributed by atoms with van der Waals surface area (Å²) < 4.78 is 46.8. The number of carbonyl (C=O) groups excluding carboxylic acids is 1. The molecule has 1 N–H and O–H groups in total. The average Bonchev–Trinajstić information content (AvgIpc) is 3.16. The second-order valence-corrected chi connectivity index (χ2v) is 7.68. The minimum atomic E-state index is -4.70. The smallest absolute Gasteiger partial charge is 0.465 e. The monoisotopic (exact) mass is 405 g/mol. The Balaban J connectivity index is 1.68. The highest BCUT2D eigenvalue weighted by molar-refractivity contribution is 5.89. The van der Waals surface area contributed by atoms with E-state index in [4.69, 9.17) is 4.74 Å². The third kappa shape index (κ3) is 3.78. The minimum Gasteiger partial charge on any atom is -0.465 e. The number of carbonyl (C=O) groups is 1. The van der Waals surface area contributed by atoms with Crippen molar-refractivity contribution in [1.82, 2.24) is 0 Å². The van der Waals surface area contributed by atoms with Crippen molar-refractivity contribution in [1.29, 1.82) is 0 Å². The third-order valence-corrected chi connectivity index (χ3v) is 5.99. The molecule has 1 aliphatic heterocycles. The highest BCUT2D eigenvalue weighted by Crippen LogP contribution is 2.53. The van der Waals surface area contributed by atoms with Gasteiger partial charge in [0.05, 0.1) is 18.7 Å². The average molecular weight is 405 g/mol. The van der Waals surface area contributed by atoms with Crippen LogP contribution in [0.4, 0.5) is 18.9 Å². The van der Waals surface area contributed by atoms with Crippen molar-refractivity contribution < 1.29 is 27.4 Å². The van der Waals surface area contributed by atoms with Crippen LogP contribution in [0.2, 0.25) is 0 Å². The fraction of sp³-hybridized carbons (Fsp3) is 0.409. The second kappa shape index (κ2) is 7.28. The zero-order valence-electron chi connectivity index (χ0n) is 16.2. The van der Waals surface area contributed by atoms with Gasteiger partial charge in [0.25, 0.3) is 0 Å². The molecule has 7 heteroatoms. The fourth-order valence-electron chi connectivity index (χ4n) is 4.80. The number of aryl methyl sites for hydroxylation is 1. The number of hydrogen-bond donors (Lipinski definition) is 1. The number of nitrogens with one attached hydrogen (secondary N) is 1. The van der Waals surface area contributed by atoms with E-state index < -0.39 is 6.36 Å². The maximum absolute atomic E-state index is 12.6. The summed E-state index contributed by atoms with van der Waals surface area (Å²) in [5.74, 6) is -0.114. The Kier molecular flexibility index (Phi) is 4.92. The molecule has 0 radical (unpaired) electrons. The van der Waals surface area contributed by atoms with E-state index in [9.17, 15) is 18.0 Å². The molecule has 2 aliphatic rings. The molecule has 0 unspecified atom stereocenters. The predicted octanol–water partition coefficient (Wildman–Crippen LogP) is 5.73. The van der Waals surface area contributed by atoms with Crippen molar-refractivity contribution in [3.63, 3.8) is 0 Å². The zero-order valence-corrected chi connectivity index (χ0v) is 16.2. The van der Waals surface area contributed by atoms with Crippen molar-refractivity contribution in [3.05, 3.63) is 58.7 Å². The van der Waals surface area contributed by atoms with Gasteiger partial charge < -0.3 is 14.8 Å². The van der Waals surface area contributed by atoms with Gasteiger partial charge in [-0.05, 0) is 78.6 Å². The molecular weight excluding hydrogens is 383 g/mol. The summed E-state index contributed by atoms with van der Waals surface area (Å²) >= 11 is 0. The first-order valence-corrected chi connectivity index (χ1v) is 9.62. The molecule has 0 saturated heterocycles.